The van der Waals surface area contributed by atoms with Gasteiger partial charge in [0.2, 0.25) is 0 Å². The Bertz CT molecular complexity index is 499. The van der Waals surface area contributed by atoms with E-state index in [0.717, 1.165) is 26.0 Å². The first kappa shape index (κ1) is 12.2. The number of fused-ring (bicyclic) bond motifs is 1. The van der Waals surface area contributed by atoms with E-state index in [2.05, 4.69) is 42.8 Å². The van der Waals surface area contributed by atoms with E-state index in [1.54, 1.807) is 7.11 Å². The Labute approximate surface area is 103 Å². The van der Waals surface area contributed by atoms with Crippen molar-refractivity contribution in [3.63, 3.8) is 0 Å². The SMILES string of the molecule is CCc1ccc2c(C)cn(CCCOC)c2c1. The number of aromatic nitrogens is 1. The van der Waals surface area contributed by atoms with Gasteiger partial charge in [0.15, 0.2) is 0 Å². The maximum atomic E-state index is 5.11. The number of hydrogen-bond donors (Lipinski definition) is 0. The Kier molecular flexibility index (Phi) is 3.85. The fraction of sp³-hybridized carbons (Fsp3) is 0.467. The van der Waals surface area contributed by atoms with Gasteiger partial charge < -0.3 is 9.30 Å². The van der Waals surface area contributed by atoms with Crippen LogP contribution < -0.4 is 0 Å². The fourth-order valence-corrected chi connectivity index (χ4v) is 2.31. The molecule has 2 aromatic rings. The molecule has 2 nitrogen and oxygen atoms in total. The lowest BCUT2D eigenvalue weighted by molar-refractivity contribution is 0.190. The van der Waals surface area contributed by atoms with Crippen LogP contribution in [0.25, 0.3) is 10.9 Å². The van der Waals surface area contributed by atoms with Gasteiger partial charge >= 0.3 is 0 Å². The number of aryl methyl sites for hydroxylation is 3. The molecule has 0 spiro atoms. The third-order valence-corrected chi connectivity index (χ3v) is 3.30. The first-order valence-electron chi connectivity index (χ1n) is 6.33. The summed E-state index contributed by atoms with van der Waals surface area (Å²) in [6, 6.07) is 6.79. The standard InChI is InChI=1S/C15H21NO/c1-4-13-6-7-14-12(2)11-16(15(14)10-13)8-5-9-17-3/h6-7,10-11H,4-5,8-9H2,1-3H3. The third kappa shape index (κ3) is 2.52. The van der Waals surface area contributed by atoms with E-state index in [1.807, 2.05) is 0 Å². The van der Waals surface area contributed by atoms with Crippen LogP contribution in [0.2, 0.25) is 0 Å². The molecule has 1 heterocycles. The van der Waals surface area contributed by atoms with Crippen molar-refractivity contribution in [2.24, 2.45) is 0 Å². The van der Waals surface area contributed by atoms with E-state index < -0.39 is 0 Å². The van der Waals surface area contributed by atoms with Gasteiger partial charge in [-0.3, -0.25) is 0 Å². The highest BCUT2D eigenvalue weighted by Gasteiger charge is 2.05. The molecule has 0 atom stereocenters. The molecule has 0 bridgehead atoms. The minimum atomic E-state index is 0.826. The Morgan fingerprint density at radius 2 is 2.12 bits per heavy atom. The minimum absolute atomic E-state index is 0.826. The first-order valence-corrected chi connectivity index (χ1v) is 6.33. The van der Waals surface area contributed by atoms with Crippen molar-refractivity contribution < 1.29 is 4.74 Å². The second-order valence-electron chi connectivity index (χ2n) is 4.56. The Balaban J connectivity index is 2.34. The van der Waals surface area contributed by atoms with Crippen LogP contribution in [0.4, 0.5) is 0 Å². The summed E-state index contributed by atoms with van der Waals surface area (Å²) in [4.78, 5) is 0. The molecule has 0 unspecified atom stereocenters. The molecule has 1 aromatic heterocycles. The second-order valence-corrected chi connectivity index (χ2v) is 4.56. The van der Waals surface area contributed by atoms with Gasteiger partial charge in [0.25, 0.3) is 0 Å². The Morgan fingerprint density at radius 1 is 1.29 bits per heavy atom. The lowest BCUT2D eigenvalue weighted by Crippen LogP contribution is -2.00. The fourth-order valence-electron chi connectivity index (χ4n) is 2.31. The van der Waals surface area contributed by atoms with Crippen molar-refractivity contribution >= 4 is 10.9 Å². The molecule has 1 aromatic carbocycles. The average molecular weight is 231 g/mol. The van der Waals surface area contributed by atoms with Gasteiger partial charge in [-0.15, -0.1) is 0 Å². The van der Waals surface area contributed by atoms with Crippen LogP contribution in [0.5, 0.6) is 0 Å². The number of hydrogen-bond acceptors (Lipinski definition) is 1. The molecule has 0 N–H and O–H groups in total. The molecule has 92 valence electrons. The first-order chi connectivity index (χ1) is 8.26. The molecule has 0 fully saturated rings. The number of rotatable bonds is 5. The van der Waals surface area contributed by atoms with Gasteiger partial charge in [0.1, 0.15) is 0 Å². The van der Waals surface area contributed by atoms with Gasteiger partial charge in [-0.1, -0.05) is 19.1 Å². The van der Waals surface area contributed by atoms with Crippen LogP contribution in [-0.4, -0.2) is 18.3 Å². The van der Waals surface area contributed by atoms with Gasteiger partial charge in [0.05, 0.1) is 0 Å². The molecule has 0 saturated heterocycles. The zero-order valence-corrected chi connectivity index (χ0v) is 11.0. The van der Waals surface area contributed by atoms with Crippen LogP contribution in [0.3, 0.4) is 0 Å². The van der Waals surface area contributed by atoms with E-state index in [0.29, 0.717) is 0 Å². The van der Waals surface area contributed by atoms with Crippen molar-refractivity contribution in [2.75, 3.05) is 13.7 Å². The maximum absolute atomic E-state index is 5.11. The highest BCUT2D eigenvalue weighted by molar-refractivity contribution is 5.84. The van der Waals surface area contributed by atoms with Gasteiger partial charge in [-0.2, -0.15) is 0 Å². The smallest absolute Gasteiger partial charge is 0.0485 e. The summed E-state index contributed by atoms with van der Waals surface area (Å²) >= 11 is 0. The predicted octanol–water partition coefficient (Wildman–Crippen LogP) is 3.55. The van der Waals surface area contributed by atoms with Crippen molar-refractivity contribution in [1.82, 2.24) is 4.57 Å². The molecule has 2 rings (SSSR count). The highest BCUT2D eigenvalue weighted by atomic mass is 16.5. The van der Waals surface area contributed by atoms with Crippen molar-refractivity contribution in [1.29, 1.82) is 0 Å². The largest absolute Gasteiger partial charge is 0.385 e. The summed E-state index contributed by atoms with van der Waals surface area (Å²) in [5.74, 6) is 0. The quantitative estimate of drug-likeness (QED) is 0.718. The predicted molar refractivity (Wildman–Crippen MR) is 72.5 cm³/mol. The lowest BCUT2D eigenvalue weighted by Gasteiger charge is -2.06. The zero-order valence-electron chi connectivity index (χ0n) is 11.0. The molecule has 0 aliphatic rings. The van der Waals surface area contributed by atoms with Crippen molar-refractivity contribution in [3.8, 4) is 0 Å². The normalized spacial score (nSPS) is 11.2. The topological polar surface area (TPSA) is 14.2 Å². The monoisotopic (exact) mass is 231 g/mol. The van der Waals surface area contributed by atoms with E-state index >= 15 is 0 Å². The molecular formula is C15H21NO. The lowest BCUT2D eigenvalue weighted by atomic mass is 10.1. The second kappa shape index (κ2) is 5.37. The summed E-state index contributed by atoms with van der Waals surface area (Å²) in [5, 5.41) is 1.37. The van der Waals surface area contributed by atoms with E-state index in [1.165, 1.54) is 22.0 Å². The van der Waals surface area contributed by atoms with Crippen LogP contribution >= 0.6 is 0 Å². The Hall–Kier alpha value is -1.28. The molecule has 0 saturated carbocycles. The summed E-state index contributed by atoms with van der Waals surface area (Å²) in [6.45, 7) is 6.24. The number of nitrogens with zero attached hydrogens (tertiary/aromatic N) is 1. The van der Waals surface area contributed by atoms with Crippen LogP contribution in [0.15, 0.2) is 24.4 Å². The summed E-state index contributed by atoms with van der Waals surface area (Å²) in [5.41, 5.74) is 4.13. The average Bonchev–Trinajstić information content (AvgIpc) is 2.66. The molecule has 0 radical (unpaired) electrons. The summed E-state index contributed by atoms with van der Waals surface area (Å²) < 4.78 is 7.46. The molecule has 2 heteroatoms. The van der Waals surface area contributed by atoms with Crippen molar-refractivity contribution in [2.45, 2.75) is 33.2 Å². The van der Waals surface area contributed by atoms with E-state index in [-0.39, 0.29) is 0 Å². The van der Waals surface area contributed by atoms with E-state index in [4.69, 9.17) is 4.74 Å². The van der Waals surface area contributed by atoms with Crippen molar-refractivity contribution in [3.05, 3.63) is 35.5 Å². The van der Waals surface area contributed by atoms with Gasteiger partial charge in [-0.25, -0.2) is 0 Å². The number of ether oxygens (including phenoxy) is 1. The minimum Gasteiger partial charge on any atom is -0.385 e. The highest BCUT2D eigenvalue weighted by Crippen LogP contribution is 2.22. The van der Waals surface area contributed by atoms with Crippen LogP contribution in [0, 0.1) is 6.92 Å². The van der Waals surface area contributed by atoms with Crippen LogP contribution in [0.1, 0.15) is 24.5 Å². The number of benzene rings is 1. The van der Waals surface area contributed by atoms with Gasteiger partial charge in [0, 0.05) is 37.4 Å². The Morgan fingerprint density at radius 3 is 2.82 bits per heavy atom. The number of methoxy groups -OCH3 is 1. The van der Waals surface area contributed by atoms with Gasteiger partial charge in [-0.05, 0) is 37.0 Å². The maximum Gasteiger partial charge on any atom is 0.0485 e. The zero-order chi connectivity index (χ0) is 12.3. The molecule has 0 amide bonds. The molecule has 17 heavy (non-hydrogen) atoms. The van der Waals surface area contributed by atoms with Crippen LogP contribution in [-0.2, 0) is 17.7 Å². The summed E-state index contributed by atoms with van der Waals surface area (Å²) in [7, 11) is 1.76. The summed E-state index contributed by atoms with van der Waals surface area (Å²) in [6.07, 6.45) is 4.41. The molecule has 0 aliphatic carbocycles. The third-order valence-electron chi connectivity index (χ3n) is 3.30. The molecule has 0 aliphatic heterocycles. The van der Waals surface area contributed by atoms with E-state index in [9.17, 15) is 0 Å². The molecular weight excluding hydrogens is 210 g/mol.